The van der Waals surface area contributed by atoms with Crippen LogP contribution in [0.1, 0.15) is 31.2 Å². The minimum atomic E-state index is 0.0757. The van der Waals surface area contributed by atoms with Gasteiger partial charge in [0.1, 0.15) is 5.75 Å². The quantitative estimate of drug-likeness (QED) is 0.868. The van der Waals surface area contributed by atoms with Crippen molar-refractivity contribution in [2.24, 2.45) is 0 Å². The predicted octanol–water partition coefficient (Wildman–Crippen LogP) is 2.31. The first-order chi connectivity index (χ1) is 9.79. The van der Waals surface area contributed by atoms with Crippen molar-refractivity contribution < 1.29 is 14.3 Å². The Bertz CT molecular complexity index is 427. The maximum atomic E-state index is 11.8. The molecule has 1 atom stereocenters. The molecule has 1 aliphatic rings. The number of carbonyl (C=O) groups excluding carboxylic acids is 1. The van der Waals surface area contributed by atoms with Gasteiger partial charge in [0.2, 0.25) is 5.91 Å². The fourth-order valence-corrected chi connectivity index (χ4v) is 2.49. The second-order valence-corrected chi connectivity index (χ2v) is 5.10. The van der Waals surface area contributed by atoms with Crippen LogP contribution in [0.3, 0.4) is 0 Å². The molecule has 4 heteroatoms. The fraction of sp³-hybridized carbons (Fsp3) is 0.562. The molecule has 0 saturated carbocycles. The Hall–Kier alpha value is -1.55. The third-order valence-corrected chi connectivity index (χ3v) is 3.60. The number of rotatable bonds is 6. The third-order valence-electron chi connectivity index (χ3n) is 3.60. The second kappa shape index (κ2) is 7.90. The van der Waals surface area contributed by atoms with E-state index in [4.69, 9.17) is 9.47 Å². The number of para-hydroxylation sites is 1. The molecule has 1 aromatic carbocycles. The zero-order valence-corrected chi connectivity index (χ0v) is 12.1. The minimum absolute atomic E-state index is 0.0757. The summed E-state index contributed by atoms with van der Waals surface area (Å²) < 4.78 is 10.9. The number of methoxy groups -OCH3 is 1. The average molecular weight is 277 g/mol. The molecule has 4 nitrogen and oxygen atoms in total. The van der Waals surface area contributed by atoms with E-state index in [0.29, 0.717) is 13.0 Å². The predicted molar refractivity (Wildman–Crippen MR) is 77.9 cm³/mol. The van der Waals surface area contributed by atoms with Crippen LogP contribution in [0.15, 0.2) is 24.3 Å². The van der Waals surface area contributed by atoms with Crippen molar-refractivity contribution in [3.63, 3.8) is 0 Å². The van der Waals surface area contributed by atoms with Crippen LogP contribution in [0.25, 0.3) is 0 Å². The molecule has 20 heavy (non-hydrogen) atoms. The topological polar surface area (TPSA) is 47.6 Å². The second-order valence-electron chi connectivity index (χ2n) is 5.10. The zero-order chi connectivity index (χ0) is 14.2. The molecule has 0 aliphatic carbocycles. The molecule has 0 radical (unpaired) electrons. The van der Waals surface area contributed by atoms with Crippen LogP contribution < -0.4 is 10.1 Å². The highest BCUT2D eigenvalue weighted by Gasteiger charge is 2.17. The summed E-state index contributed by atoms with van der Waals surface area (Å²) in [5.74, 6) is 0.948. The molecule has 0 spiro atoms. The Morgan fingerprint density at radius 2 is 2.25 bits per heavy atom. The van der Waals surface area contributed by atoms with Crippen LogP contribution in [-0.2, 0) is 16.0 Å². The van der Waals surface area contributed by atoms with Crippen LogP contribution in [0.5, 0.6) is 5.75 Å². The van der Waals surface area contributed by atoms with E-state index in [1.54, 1.807) is 7.11 Å². The van der Waals surface area contributed by atoms with E-state index in [9.17, 15) is 4.79 Å². The van der Waals surface area contributed by atoms with Crippen molar-refractivity contribution in [2.75, 3.05) is 20.3 Å². The molecule has 0 aromatic heterocycles. The van der Waals surface area contributed by atoms with E-state index in [-0.39, 0.29) is 12.0 Å². The standard InChI is InChI=1S/C16H23NO3/c1-19-15-8-3-2-6-13(15)9-10-17-16(18)12-14-7-4-5-11-20-14/h2-3,6,8,14H,4-5,7,9-12H2,1H3,(H,17,18). The van der Waals surface area contributed by atoms with E-state index < -0.39 is 0 Å². The number of hydrogen-bond acceptors (Lipinski definition) is 3. The summed E-state index contributed by atoms with van der Waals surface area (Å²) in [6.45, 7) is 1.42. The summed E-state index contributed by atoms with van der Waals surface area (Å²) in [6, 6.07) is 7.89. The van der Waals surface area contributed by atoms with Crippen molar-refractivity contribution in [3.05, 3.63) is 29.8 Å². The van der Waals surface area contributed by atoms with Crippen LogP contribution in [0.4, 0.5) is 0 Å². The summed E-state index contributed by atoms with van der Waals surface area (Å²) in [4.78, 5) is 11.8. The lowest BCUT2D eigenvalue weighted by Crippen LogP contribution is -2.31. The van der Waals surface area contributed by atoms with Gasteiger partial charge in [-0.1, -0.05) is 18.2 Å². The zero-order valence-electron chi connectivity index (χ0n) is 12.1. The molecule has 1 aromatic rings. The van der Waals surface area contributed by atoms with Gasteiger partial charge < -0.3 is 14.8 Å². The van der Waals surface area contributed by atoms with E-state index in [0.717, 1.165) is 37.2 Å². The Labute approximate surface area is 120 Å². The van der Waals surface area contributed by atoms with Crippen LogP contribution in [0, 0.1) is 0 Å². The van der Waals surface area contributed by atoms with Crippen molar-refractivity contribution in [2.45, 2.75) is 38.2 Å². The first-order valence-electron chi connectivity index (χ1n) is 7.30. The molecule has 2 rings (SSSR count). The lowest BCUT2D eigenvalue weighted by Gasteiger charge is -2.21. The lowest BCUT2D eigenvalue weighted by atomic mass is 10.1. The number of hydrogen-bond donors (Lipinski definition) is 1. The smallest absolute Gasteiger partial charge is 0.222 e. The molecular formula is C16H23NO3. The van der Waals surface area contributed by atoms with E-state index >= 15 is 0 Å². The number of nitrogens with one attached hydrogen (secondary N) is 1. The third kappa shape index (κ3) is 4.53. The molecule has 1 unspecified atom stereocenters. The largest absolute Gasteiger partial charge is 0.496 e. The Balaban J connectivity index is 1.70. The summed E-state index contributed by atoms with van der Waals surface area (Å²) >= 11 is 0. The lowest BCUT2D eigenvalue weighted by molar-refractivity contribution is -0.124. The highest BCUT2D eigenvalue weighted by Crippen LogP contribution is 2.17. The maximum Gasteiger partial charge on any atom is 0.222 e. The molecule has 1 fully saturated rings. The van der Waals surface area contributed by atoms with Gasteiger partial charge >= 0.3 is 0 Å². The van der Waals surface area contributed by atoms with Crippen LogP contribution in [-0.4, -0.2) is 32.3 Å². The SMILES string of the molecule is COc1ccccc1CCNC(=O)CC1CCCCO1. The van der Waals surface area contributed by atoms with Gasteiger partial charge in [-0.15, -0.1) is 0 Å². The van der Waals surface area contributed by atoms with Crippen molar-refractivity contribution in [3.8, 4) is 5.75 Å². The molecule has 0 bridgehead atoms. The monoisotopic (exact) mass is 277 g/mol. The molecular weight excluding hydrogens is 254 g/mol. The van der Waals surface area contributed by atoms with Gasteiger partial charge in [-0.25, -0.2) is 0 Å². The summed E-state index contributed by atoms with van der Waals surface area (Å²) in [5, 5.41) is 2.96. The first kappa shape index (κ1) is 14.9. The normalized spacial score (nSPS) is 18.6. The average Bonchev–Trinajstić information content (AvgIpc) is 2.49. The number of carbonyl (C=O) groups is 1. The van der Waals surface area contributed by atoms with Gasteiger partial charge in [0, 0.05) is 13.2 Å². The van der Waals surface area contributed by atoms with E-state index in [1.807, 2.05) is 24.3 Å². The maximum absolute atomic E-state index is 11.8. The number of amides is 1. The Kier molecular flexibility index (Phi) is 5.87. The summed E-state index contributed by atoms with van der Waals surface area (Å²) in [5.41, 5.74) is 1.12. The number of ether oxygens (including phenoxy) is 2. The van der Waals surface area contributed by atoms with Gasteiger partial charge in [-0.2, -0.15) is 0 Å². The summed E-state index contributed by atoms with van der Waals surface area (Å²) in [7, 11) is 1.66. The fourth-order valence-electron chi connectivity index (χ4n) is 2.49. The molecule has 1 aliphatic heterocycles. The molecule has 1 N–H and O–H groups in total. The van der Waals surface area contributed by atoms with Gasteiger partial charge in [0.05, 0.1) is 19.6 Å². The minimum Gasteiger partial charge on any atom is -0.496 e. The highest BCUT2D eigenvalue weighted by molar-refractivity contribution is 5.76. The Morgan fingerprint density at radius 1 is 1.40 bits per heavy atom. The van der Waals surface area contributed by atoms with Gasteiger partial charge in [-0.05, 0) is 37.3 Å². The molecule has 1 heterocycles. The van der Waals surface area contributed by atoms with Crippen LogP contribution in [0.2, 0.25) is 0 Å². The molecule has 1 saturated heterocycles. The van der Waals surface area contributed by atoms with Gasteiger partial charge in [-0.3, -0.25) is 4.79 Å². The molecule has 110 valence electrons. The van der Waals surface area contributed by atoms with Crippen molar-refractivity contribution in [1.29, 1.82) is 0 Å². The Morgan fingerprint density at radius 3 is 3.00 bits per heavy atom. The van der Waals surface area contributed by atoms with Crippen molar-refractivity contribution >= 4 is 5.91 Å². The number of benzene rings is 1. The van der Waals surface area contributed by atoms with Crippen molar-refractivity contribution in [1.82, 2.24) is 5.32 Å². The van der Waals surface area contributed by atoms with E-state index in [2.05, 4.69) is 5.32 Å². The van der Waals surface area contributed by atoms with Gasteiger partial charge in [0.25, 0.3) is 0 Å². The van der Waals surface area contributed by atoms with E-state index in [1.165, 1.54) is 6.42 Å². The molecule has 1 amide bonds. The summed E-state index contributed by atoms with van der Waals surface area (Å²) in [6.07, 6.45) is 4.65. The van der Waals surface area contributed by atoms with Crippen LogP contribution >= 0.6 is 0 Å². The van der Waals surface area contributed by atoms with Gasteiger partial charge in [0.15, 0.2) is 0 Å². The highest BCUT2D eigenvalue weighted by atomic mass is 16.5. The first-order valence-corrected chi connectivity index (χ1v) is 7.30.